The summed E-state index contributed by atoms with van der Waals surface area (Å²) in [5, 5.41) is 4.56. The first-order chi connectivity index (χ1) is 15.9. The van der Waals surface area contributed by atoms with E-state index in [0.29, 0.717) is 23.6 Å². The molecule has 5 rings (SSSR count). The van der Waals surface area contributed by atoms with E-state index in [1.165, 1.54) is 25.7 Å². The van der Waals surface area contributed by atoms with Crippen molar-refractivity contribution in [3.8, 4) is 0 Å². The van der Waals surface area contributed by atoms with Gasteiger partial charge in [-0.2, -0.15) is 0 Å². The highest BCUT2D eigenvalue weighted by atomic mass is 32.2. The molecule has 2 aliphatic carbocycles. The second-order valence-electron chi connectivity index (χ2n) is 10.2. The van der Waals surface area contributed by atoms with Gasteiger partial charge in [0.15, 0.2) is 0 Å². The van der Waals surface area contributed by atoms with Crippen molar-refractivity contribution in [1.29, 1.82) is 0 Å². The Kier molecular flexibility index (Phi) is 6.51. The first kappa shape index (κ1) is 22.9. The predicted octanol–water partition coefficient (Wildman–Crippen LogP) is 3.52. The largest absolute Gasteiger partial charge is 0.331 e. The first-order valence-corrected chi connectivity index (χ1v) is 13.3. The summed E-state index contributed by atoms with van der Waals surface area (Å²) < 4.78 is 1.74. The molecule has 0 bridgehead atoms. The molecule has 1 saturated heterocycles. The van der Waals surface area contributed by atoms with Gasteiger partial charge in [0, 0.05) is 35.8 Å². The molecule has 3 N–H and O–H groups in total. The molecule has 2 saturated carbocycles. The third-order valence-corrected chi connectivity index (χ3v) is 9.28. The number of rotatable bonds is 4. The predicted molar refractivity (Wildman–Crippen MR) is 133 cm³/mol. The highest BCUT2D eigenvalue weighted by Crippen LogP contribution is 2.40. The molecule has 2 aromatic rings. The molecule has 3 fully saturated rings. The molecule has 3 heterocycles. The fourth-order valence-electron chi connectivity index (χ4n) is 5.93. The molecule has 7 nitrogen and oxygen atoms in total. The van der Waals surface area contributed by atoms with Crippen LogP contribution in [0.1, 0.15) is 69.0 Å². The number of nitrogens with zero attached hydrogens (tertiary/aromatic N) is 2. The minimum absolute atomic E-state index is 0.0441. The van der Waals surface area contributed by atoms with Gasteiger partial charge in [0.2, 0.25) is 5.91 Å². The van der Waals surface area contributed by atoms with E-state index in [0.717, 1.165) is 35.0 Å². The van der Waals surface area contributed by atoms with Crippen molar-refractivity contribution < 1.29 is 4.79 Å². The van der Waals surface area contributed by atoms with E-state index in [1.54, 1.807) is 16.3 Å². The maximum absolute atomic E-state index is 13.3. The van der Waals surface area contributed by atoms with Crippen LogP contribution >= 0.6 is 11.8 Å². The Morgan fingerprint density at radius 1 is 1.18 bits per heavy atom. The first-order valence-electron chi connectivity index (χ1n) is 12.3. The smallest absolute Gasteiger partial charge is 0.254 e. The Labute approximate surface area is 199 Å². The Morgan fingerprint density at radius 2 is 1.97 bits per heavy atom. The number of pyridine rings is 2. The lowest BCUT2D eigenvalue weighted by Crippen LogP contribution is -2.47. The fourth-order valence-corrected chi connectivity index (χ4v) is 7.17. The van der Waals surface area contributed by atoms with E-state index in [2.05, 4.69) is 28.1 Å². The third kappa shape index (κ3) is 4.57. The van der Waals surface area contributed by atoms with Gasteiger partial charge in [0.05, 0.1) is 10.9 Å². The standard InChI is InChI=1S/C25H35N5O2S/c1-14-8-9-17(22(31)27-25-29-28-23(33-25)16-6-4-5-7-16)11-19(14)20-12-18-13-26-15(2)10-21(18)30(3)24(20)32/h10,12-14,16-17,19,23,25,28-29H,4-9,11H2,1-3H3,(H,27,31). The van der Waals surface area contributed by atoms with Crippen LogP contribution in [0.15, 0.2) is 23.1 Å². The van der Waals surface area contributed by atoms with E-state index in [4.69, 9.17) is 0 Å². The molecule has 0 aromatic carbocycles. The molecule has 2 aromatic heterocycles. The zero-order chi connectivity index (χ0) is 23.1. The van der Waals surface area contributed by atoms with Crippen LogP contribution in [0.3, 0.4) is 0 Å². The van der Waals surface area contributed by atoms with Crippen LogP contribution in [-0.2, 0) is 11.8 Å². The van der Waals surface area contributed by atoms with Crippen molar-refractivity contribution in [1.82, 2.24) is 25.7 Å². The van der Waals surface area contributed by atoms with Gasteiger partial charge in [-0.05, 0) is 68.9 Å². The van der Waals surface area contributed by atoms with Crippen molar-refractivity contribution >= 4 is 28.6 Å². The molecule has 178 valence electrons. The Morgan fingerprint density at radius 3 is 2.76 bits per heavy atom. The number of hydrogen-bond acceptors (Lipinski definition) is 6. The molecule has 8 heteroatoms. The van der Waals surface area contributed by atoms with Crippen molar-refractivity contribution in [2.24, 2.45) is 24.8 Å². The fraction of sp³-hybridized carbons (Fsp3) is 0.640. The Balaban J connectivity index is 1.30. The molecule has 0 radical (unpaired) electrons. The molecular formula is C25H35N5O2S. The maximum atomic E-state index is 13.3. The summed E-state index contributed by atoms with van der Waals surface area (Å²) in [6.07, 6.45) is 9.54. The number of nitrogens with one attached hydrogen (secondary N) is 3. The summed E-state index contributed by atoms with van der Waals surface area (Å²) in [6, 6.07) is 3.97. The van der Waals surface area contributed by atoms with Crippen LogP contribution in [0.5, 0.6) is 0 Å². The van der Waals surface area contributed by atoms with E-state index >= 15 is 0 Å². The summed E-state index contributed by atoms with van der Waals surface area (Å²) in [4.78, 5) is 30.9. The van der Waals surface area contributed by atoms with Gasteiger partial charge in [0.25, 0.3) is 5.56 Å². The Hall–Kier alpha value is -1.90. The zero-order valence-corrected chi connectivity index (χ0v) is 20.6. The molecular weight excluding hydrogens is 434 g/mol. The number of amides is 1. The van der Waals surface area contributed by atoms with Gasteiger partial charge in [-0.15, -0.1) is 0 Å². The number of aromatic nitrogens is 2. The molecule has 3 aliphatic rings. The summed E-state index contributed by atoms with van der Waals surface area (Å²) in [6.45, 7) is 4.15. The van der Waals surface area contributed by atoms with Gasteiger partial charge >= 0.3 is 0 Å². The van der Waals surface area contributed by atoms with Crippen LogP contribution in [0, 0.1) is 24.7 Å². The zero-order valence-electron chi connectivity index (χ0n) is 19.8. The molecule has 1 aliphatic heterocycles. The van der Waals surface area contributed by atoms with Crippen molar-refractivity contribution in [3.63, 3.8) is 0 Å². The highest BCUT2D eigenvalue weighted by Gasteiger charge is 2.37. The normalized spacial score (nSPS) is 30.7. The van der Waals surface area contributed by atoms with Crippen molar-refractivity contribution in [2.45, 2.75) is 75.6 Å². The average Bonchev–Trinajstić information content (AvgIpc) is 3.49. The van der Waals surface area contributed by atoms with E-state index in [-0.39, 0.29) is 28.8 Å². The van der Waals surface area contributed by atoms with E-state index in [1.807, 2.05) is 32.3 Å². The van der Waals surface area contributed by atoms with Crippen LogP contribution in [-0.4, -0.2) is 26.3 Å². The molecule has 1 amide bonds. The maximum Gasteiger partial charge on any atom is 0.254 e. The number of carbonyl (C=O) groups excluding carboxylic acids is 1. The highest BCUT2D eigenvalue weighted by molar-refractivity contribution is 8.00. The number of hydrogen-bond donors (Lipinski definition) is 3. The third-order valence-electron chi connectivity index (χ3n) is 7.98. The number of fused-ring (bicyclic) bond motifs is 1. The topological polar surface area (TPSA) is 88.1 Å². The molecule has 5 atom stereocenters. The van der Waals surface area contributed by atoms with Gasteiger partial charge in [-0.1, -0.05) is 31.5 Å². The minimum Gasteiger partial charge on any atom is -0.331 e. The number of hydrazine groups is 1. The van der Waals surface area contributed by atoms with Crippen molar-refractivity contribution in [2.75, 3.05) is 0 Å². The van der Waals surface area contributed by atoms with Crippen LogP contribution in [0.4, 0.5) is 0 Å². The van der Waals surface area contributed by atoms with Crippen LogP contribution < -0.4 is 21.7 Å². The monoisotopic (exact) mass is 469 g/mol. The van der Waals surface area contributed by atoms with E-state index in [9.17, 15) is 9.59 Å². The van der Waals surface area contributed by atoms with E-state index < -0.39 is 0 Å². The van der Waals surface area contributed by atoms with Gasteiger partial charge in [-0.3, -0.25) is 14.6 Å². The number of aryl methyl sites for hydroxylation is 2. The molecule has 33 heavy (non-hydrogen) atoms. The quantitative estimate of drug-likeness (QED) is 0.635. The minimum atomic E-state index is -0.0937. The second kappa shape index (κ2) is 9.39. The molecule has 0 spiro atoms. The van der Waals surface area contributed by atoms with Gasteiger partial charge in [-0.25, -0.2) is 10.9 Å². The van der Waals surface area contributed by atoms with Crippen LogP contribution in [0.2, 0.25) is 0 Å². The summed E-state index contributed by atoms with van der Waals surface area (Å²) in [5.41, 5.74) is 9.22. The number of thioether (sulfide) groups is 1. The lowest BCUT2D eigenvalue weighted by molar-refractivity contribution is -0.126. The summed E-state index contributed by atoms with van der Waals surface area (Å²) in [5.74, 6) is 1.15. The summed E-state index contributed by atoms with van der Waals surface area (Å²) >= 11 is 1.79. The lowest BCUT2D eigenvalue weighted by Gasteiger charge is -2.34. The second-order valence-corrected chi connectivity index (χ2v) is 11.5. The summed E-state index contributed by atoms with van der Waals surface area (Å²) in [7, 11) is 1.84. The SMILES string of the molecule is Cc1cc2c(cn1)cc(C1CC(C(=O)NC3NNC(C4CCCC4)S3)CCC1C)c(=O)n2C. The average molecular weight is 470 g/mol. The van der Waals surface area contributed by atoms with Gasteiger partial charge in [0.1, 0.15) is 5.50 Å². The Bertz CT molecular complexity index is 1100. The van der Waals surface area contributed by atoms with Crippen molar-refractivity contribution in [3.05, 3.63) is 39.9 Å². The van der Waals surface area contributed by atoms with Gasteiger partial charge < -0.3 is 9.88 Å². The van der Waals surface area contributed by atoms with Crippen LogP contribution in [0.25, 0.3) is 10.9 Å². The number of carbonyl (C=O) groups is 1. The lowest BCUT2D eigenvalue weighted by atomic mass is 9.71. The molecule has 5 unspecified atom stereocenters.